The number of likely N-dealkylation sites (tertiary alicyclic amines) is 1. The lowest BCUT2D eigenvalue weighted by molar-refractivity contribution is 0.0698. The predicted octanol–water partition coefficient (Wildman–Crippen LogP) is 1.47. The van der Waals surface area contributed by atoms with Gasteiger partial charge in [0.2, 0.25) is 0 Å². The van der Waals surface area contributed by atoms with Gasteiger partial charge in [-0.05, 0) is 31.0 Å². The Labute approximate surface area is 105 Å². The zero-order valence-corrected chi connectivity index (χ0v) is 9.83. The first-order chi connectivity index (χ1) is 8.61. The molecule has 0 aromatic heterocycles. The molecule has 1 unspecified atom stereocenters. The van der Waals surface area contributed by atoms with E-state index in [0.717, 1.165) is 12.8 Å². The monoisotopic (exact) mass is 246 g/mol. The lowest BCUT2D eigenvalue weighted by Crippen LogP contribution is -2.39. The topological polar surface area (TPSA) is 84.6 Å². The first kappa shape index (κ1) is 12.2. The maximum atomic E-state index is 12.1. The highest BCUT2D eigenvalue weighted by Gasteiger charge is 2.24. The molecule has 0 bridgehead atoms. The Morgan fingerprint density at radius 3 is 2.83 bits per heavy atom. The fourth-order valence-electron chi connectivity index (χ4n) is 2.11. The standard InChI is InChI=1S/C13H14N2O3/c14-7-9-2-1-5-15(8-9)13(18)10-3-4-11(16)12(17)6-10/h3-4,6,9,16-17H,1-2,5,8H2. The molecule has 5 nitrogen and oxygen atoms in total. The Hall–Kier alpha value is -2.22. The molecule has 0 aliphatic carbocycles. The van der Waals surface area contributed by atoms with E-state index in [-0.39, 0.29) is 23.3 Å². The van der Waals surface area contributed by atoms with Crippen LogP contribution in [0.5, 0.6) is 11.5 Å². The third-order valence-corrected chi connectivity index (χ3v) is 3.11. The number of carbonyl (C=O) groups excluding carboxylic acids is 1. The number of piperidine rings is 1. The van der Waals surface area contributed by atoms with E-state index in [0.29, 0.717) is 18.7 Å². The van der Waals surface area contributed by atoms with Gasteiger partial charge < -0.3 is 15.1 Å². The second kappa shape index (κ2) is 4.96. The molecule has 5 heteroatoms. The van der Waals surface area contributed by atoms with E-state index >= 15 is 0 Å². The number of amides is 1. The molecular formula is C13H14N2O3. The Kier molecular flexibility index (Phi) is 3.38. The fraction of sp³-hybridized carbons (Fsp3) is 0.385. The SMILES string of the molecule is N#CC1CCCN(C(=O)c2ccc(O)c(O)c2)C1. The van der Waals surface area contributed by atoms with Crippen LogP contribution in [-0.2, 0) is 0 Å². The van der Waals surface area contributed by atoms with Gasteiger partial charge in [0.05, 0.1) is 12.0 Å². The molecule has 1 aliphatic heterocycles. The summed E-state index contributed by atoms with van der Waals surface area (Å²) < 4.78 is 0. The van der Waals surface area contributed by atoms with Crippen LogP contribution in [0.1, 0.15) is 23.2 Å². The number of carbonyl (C=O) groups is 1. The number of hydrogen-bond acceptors (Lipinski definition) is 4. The third-order valence-electron chi connectivity index (χ3n) is 3.11. The molecule has 1 aromatic carbocycles. The predicted molar refractivity (Wildman–Crippen MR) is 64.0 cm³/mol. The quantitative estimate of drug-likeness (QED) is 0.735. The van der Waals surface area contributed by atoms with E-state index in [1.165, 1.54) is 18.2 Å². The number of nitriles is 1. The van der Waals surface area contributed by atoms with E-state index in [1.54, 1.807) is 4.90 Å². The zero-order chi connectivity index (χ0) is 13.1. The minimum atomic E-state index is -0.310. The minimum Gasteiger partial charge on any atom is -0.504 e. The summed E-state index contributed by atoms with van der Waals surface area (Å²) in [5.74, 6) is -0.895. The molecule has 1 saturated heterocycles. The van der Waals surface area contributed by atoms with Crippen LogP contribution in [0, 0.1) is 17.2 Å². The second-order valence-corrected chi connectivity index (χ2v) is 4.42. The van der Waals surface area contributed by atoms with Gasteiger partial charge in [0.25, 0.3) is 5.91 Å². The number of hydrogen-bond donors (Lipinski definition) is 2. The fourth-order valence-corrected chi connectivity index (χ4v) is 2.11. The van der Waals surface area contributed by atoms with Crippen molar-refractivity contribution < 1.29 is 15.0 Å². The molecule has 1 amide bonds. The summed E-state index contributed by atoms with van der Waals surface area (Å²) in [6, 6.07) is 6.17. The van der Waals surface area contributed by atoms with Crippen molar-refractivity contribution >= 4 is 5.91 Å². The average Bonchev–Trinajstić information content (AvgIpc) is 2.41. The van der Waals surface area contributed by atoms with Gasteiger partial charge in [-0.3, -0.25) is 4.79 Å². The van der Waals surface area contributed by atoms with E-state index < -0.39 is 0 Å². The Balaban J connectivity index is 2.15. The summed E-state index contributed by atoms with van der Waals surface area (Å²) in [4.78, 5) is 13.8. The summed E-state index contributed by atoms with van der Waals surface area (Å²) in [6.07, 6.45) is 1.63. The number of phenols is 2. The van der Waals surface area contributed by atoms with Gasteiger partial charge in [-0.25, -0.2) is 0 Å². The highest BCUT2D eigenvalue weighted by molar-refractivity contribution is 5.95. The lowest BCUT2D eigenvalue weighted by atomic mass is 9.99. The molecular weight excluding hydrogens is 232 g/mol. The van der Waals surface area contributed by atoms with Crippen molar-refractivity contribution in [1.29, 1.82) is 5.26 Å². The molecule has 1 aromatic rings. The van der Waals surface area contributed by atoms with E-state index in [2.05, 4.69) is 6.07 Å². The van der Waals surface area contributed by atoms with Crippen molar-refractivity contribution in [3.05, 3.63) is 23.8 Å². The van der Waals surface area contributed by atoms with E-state index in [1.807, 2.05) is 0 Å². The van der Waals surface area contributed by atoms with Gasteiger partial charge in [0.15, 0.2) is 11.5 Å². The molecule has 1 heterocycles. The lowest BCUT2D eigenvalue weighted by Gasteiger charge is -2.29. The molecule has 94 valence electrons. The molecule has 1 atom stereocenters. The summed E-state index contributed by atoms with van der Waals surface area (Å²) in [7, 11) is 0. The number of benzene rings is 1. The van der Waals surface area contributed by atoms with E-state index in [9.17, 15) is 15.0 Å². The van der Waals surface area contributed by atoms with Crippen molar-refractivity contribution in [3.8, 4) is 17.6 Å². The number of nitrogens with zero attached hydrogens (tertiary/aromatic N) is 2. The normalized spacial score (nSPS) is 19.3. The Bertz CT molecular complexity index is 507. The molecule has 1 aliphatic rings. The molecule has 1 fully saturated rings. The maximum absolute atomic E-state index is 12.1. The Morgan fingerprint density at radius 2 is 2.17 bits per heavy atom. The largest absolute Gasteiger partial charge is 0.504 e. The van der Waals surface area contributed by atoms with Crippen molar-refractivity contribution in [2.75, 3.05) is 13.1 Å². The van der Waals surface area contributed by atoms with Crippen LogP contribution in [-0.4, -0.2) is 34.1 Å². The van der Waals surface area contributed by atoms with Gasteiger partial charge in [-0.2, -0.15) is 5.26 Å². The first-order valence-corrected chi connectivity index (χ1v) is 5.82. The van der Waals surface area contributed by atoms with E-state index in [4.69, 9.17) is 5.26 Å². The number of aromatic hydroxyl groups is 2. The van der Waals surface area contributed by atoms with Crippen LogP contribution >= 0.6 is 0 Å². The van der Waals surface area contributed by atoms with Gasteiger partial charge in [-0.15, -0.1) is 0 Å². The molecule has 0 radical (unpaired) electrons. The summed E-state index contributed by atoms with van der Waals surface area (Å²) in [5, 5.41) is 27.5. The van der Waals surface area contributed by atoms with Crippen LogP contribution in [0.2, 0.25) is 0 Å². The molecule has 2 rings (SSSR count). The van der Waals surface area contributed by atoms with Crippen molar-refractivity contribution in [2.45, 2.75) is 12.8 Å². The highest BCUT2D eigenvalue weighted by Crippen LogP contribution is 2.26. The summed E-state index contributed by atoms with van der Waals surface area (Å²) in [6.45, 7) is 1.05. The van der Waals surface area contributed by atoms with Crippen LogP contribution < -0.4 is 0 Å². The number of rotatable bonds is 1. The average molecular weight is 246 g/mol. The van der Waals surface area contributed by atoms with Crippen LogP contribution in [0.15, 0.2) is 18.2 Å². The summed E-state index contributed by atoms with van der Waals surface area (Å²) in [5.41, 5.74) is 0.323. The van der Waals surface area contributed by atoms with Crippen molar-refractivity contribution in [2.24, 2.45) is 5.92 Å². The van der Waals surface area contributed by atoms with Crippen LogP contribution in [0.3, 0.4) is 0 Å². The number of phenolic OH excluding ortho intramolecular Hbond substituents is 2. The molecule has 18 heavy (non-hydrogen) atoms. The molecule has 0 saturated carbocycles. The zero-order valence-electron chi connectivity index (χ0n) is 9.83. The van der Waals surface area contributed by atoms with Gasteiger partial charge in [0, 0.05) is 18.7 Å². The third kappa shape index (κ3) is 2.38. The molecule has 2 N–H and O–H groups in total. The summed E-state index contributed by atoms with van der Waals surface area (Å²) >= 11 is 0. The maximum Gasteiger partial charge on any atom is 0.254 e. The highest BCUT2D eigenvalue weighted by atomic mass is 16.3. The minimum absolute atomic E-state index is 0.117. The Morgan fingerprint density at radius 1 is 1.39 bits per heavy atom. The van der Waals surface area contributed by atoms with Crippen molar-refractivity contribution in [1.82, 2.24) is 4.90 Å². The second-order valence-electron chi connectivity index (χ2n) is 4.42. The smallest absolute Gasteiger partial charge is 0.254 e. The molecule has 0 spiro atoms. The van der Waals surface area contributed by atoms with Gasteiger partial charge in [-0.1, -0.05) is 0 Å². The van der Waals surface area contributed by atoms with Gasteiger partial charge in [0.1, 0.15) is 0 Å². The van der Waals surface area contributed by atoms with Crippen LogP contribution in [0.25, 0.3) is 0 Å². The van der Waals surface area contributed by atoms with Gasteiger partial charge >= 0.3 is 0 Å². The first-order valence-electron chi connectivity index (χ1n) is 5.82. The van der Waals surface area contributed by atoms with Crippen LogP contribution in [0.4, 0.5) is 0 Å². The van der Waals surface area contributed by atoms with Crippen molar-refractivity contribution in [3.63, 3.8) is 0 Å².